The van der Waals surface area contributed by atoms with Crippen molar-refractivity contribution < 1.29 is 9.53 Å². The van der Waals surface area contributed by atoms with Crippen molar-refractivity contribution in [3.05, 3.63) is 18.5 Å². The second kappa shape index (κ2) is 3.96. The topological polar surface area (TPSA) is 70.2 Å². The second-order valence-corrected chi connectivity index (χ2v) is 5.44. The number of anilines is 2. The first-order valence-electron chi connectivity index (χ1n) is 6.81. The van der Waals surface area contributed by atoms with Gasteiger partial charge < -0.3 is 19.9 Å². The van der Waals surface area contributed by atoms with Crippen molar-refractivity contribution in [2.75, 3.05) is 30.5 Å². The molecular weight excluding hydrogens is 256 g/mol. The lowest BCUT2D eigenvalue weighted by atomic mass is 9.86. The number of H-pyrrole nitrogens is 1. The molecule has 2 N–H and O–H groups in total. The third-order valence-electron chi connectivity index (χ3n) is 4.35. The van der Waals surface area contributed by atoms with E-state index in [2.05, 4.69) is 15.3 Å². The van der Waals surface area contributed by atoms with Crippen LogP contribution in [-0.4, -0.2) is 41.7 Å². The van der Waals surface area contributed by atoms with Gasteiger partial charge in [0.1, 0.15) is 11.2 Å². The van der Waals surface area contributed by atoms with Gasteiger partial charge in [-0.2, -0.15) is 0 Å². The highest BCUT2D eigenvalue weighted by Gasteiger charge is 2.46. The lowest BCUT2D eigenvalue weighted by molar-refractivity contribution is -0.125. The molecule has 0 atom stereocenters. The maximum Gasteiger partial charge on any atom is 0.252 e. The Bertz CT molecular complexity index is 688. The van der Waals surface area contributed by atoms with Crippen LogP contribution in [0.5, 0.6) is 0 Å². The molecule has 104 valence electrons. The van der Waals surface area contributed by atoms with Crippen LogP contribution in [0.3, 0.4) is 0 Å². The predicted molar refractivity (Wildman–Crippen MR) is 75.9 cm³/mol. The summed E-state index contributed by atoms with van der Waals surface area (Å²) in [6.45, 7) is 1.23. The van der Waals surface area contributed by atoms with E-state index in [4.69, 9.17) is 4.74 Å². The van der Waals surface area contributed by atoms with Crippen LogP contribution in [0.4, 0.5) is 11.4 Å². The number of carbonyl (C=O) groups excluding carboxylic acids is 1. The number of nitrogens with one attached hydrogen (secondary N) is 2. The maximum atomic E-state index is 12.7. The smallest absolute Gasteiger partial charge is 0.252 e. The quantitative estimate of drug-likeness (QED) is 0.762. The lowest BCUT2D eigenvalue weighted by Gasteiger charge is -2.44. The molecule has 0 unspecified atom stereocenters. The predicted octanol–water partition coefficient (Wildman–Crippen LogP) is 1.50. The number of likely N-dealkylation sites (N-methyl/N-ethyl adjacent to an activating group) is 1. The van der Waals surface area contributed by atoms with E-state index in [1.165, 1.54) is 0 Å². The van der Waals surface area contributed by atoms with Crippen molar-refractivity contribution in [2.45, 2.75) is 18.4 Å². The average Bonchev–Trinajstić information content (AvgIpc) is 2.95. The van der Waals surface area contributed by atoms with Crippen LogP contribution < -0.4 is 10.2 Å². The SMILES string of the molecule is CN1C(=O)C2(CCOCC2)Nc2c1cnc1[nH]ccc21. The van der Waals surface area contributed by atoms with Gasteiger partial charge in [0, 0.05) is 44.7 Å². The summed E-state index contributed by atoms with van der Waals surface area (Å²) in [6, 6.07) is 1.99. The number of fused-ring (bicyclic) bond motifs is 3. The molecule has 4 rings (SSSR count). The summed E-state index contributed by atoms with van der Waals surface area (Å²) < 4.78 is 5.41. The van der Waals surface area contributed by atoms with E-state index < -0.39 is 5.54 Å². The highest BCUT2D eigenvalue weighted by atomic mass is 16.5. The summed E-state index contributed by atoms with van der Waals surface area (Å²) in [6.07, 6.45) is 5.01. The Morgan fingerprint density at radius 2 is 2.20 bits per heavy atom. The minimum atomic E-state index is -0.536. The van der Waals surface area contributed by atoms with Gasteiger partial charge in [-0.25, -0.2) is 4.98 Å². The molecule has 2 aromatic rings. The zero-order chi connectivity index (χ0) is 13.7. The Morgan fingerprint density at radius 1 is 1.40 bits per heavy atom. The van der Waals surface area contributed by atoms with Crippen LogP contribution in [-0.2, 0) is 9.53 Å². The first kappa shape index (κ1) is 11.7. The largest absolute Gasteiger partial charge is 0.381 e. The number of amides is 1. The van der Waals surface area contributed by atoms with Crippen molar-refractivity contribution in [3.8, 4) is 0 Å². The molecule has 6 heteroatoms. The van der Waals surface area contributed by atoms with Gasteiger partial charge in [0.25, 0.3) is 5.91 Å². The number of carbonyl (C=O) groups is 1. The Balaban J connectivity index is 1.90. The van der Waals surface area contributed by atoms with E-state index >= 15 is 0 Å². The summed E-state index contributed by atoms with van der Waals surface area (Å²) in [5.74, 6) is 0.102. The molecule has 0 bridgehead atoms. The fourth-order valence-corrected chi connectivity index (χ4v) is 3.16. The minimum absolute atomic E-state index is 0.102. The van der Waals surface area contributed by atoms with Crippen molar-refractivity contribution in [3.63, 3.8) is 0 Å². The number of aromatic amines is 1. The molecule has 0 aromatic carbocycles. The van der Waals surface area contributed by atoms with Crippen LogP contribution in [0.1, 0.15) is 12.8 Å². The van der Waals surface area contributed by atoms with E-state index in [1.807, 2.05) is 19.3 Å². The number of pyridine rings is 1. The van der Waals surface area contributed by atoms with Crippen molar-refractivity contribution in [2.24, 2.45) is 0 Å². The standard InChI is InChI=1S/C14H16N4O2/c1-18-10-8-16-12-9(2-5-15-12)11(10)17-14(13(18)19)3-6-20-7-4-14/h2,5,8,17H,3-4,6-7H2,1H3,(H,15,16). The maximum absolute atomic E-state index is 12.7. The number of aromatic nitrogens is 2. The van der Waals surface area contributed by atoms with E-state index in [0.717, 1.165) is 22.4 Å². The molecular formula is C14H16N4O2. The van der Waals surface area contributed by atoms with Crippen LogP contribution in [0.25, 0.3) is 11.0 Å². The number of ether oxygens (including phenoxy) is 1. The molecule has 6 nitrogen and oxygen atoms in total. The molecule has 1 saturated heterocycles. The van der Waals surface area contributed by atoms with Crippen molar-refractivity contribution >= 4 is 28.3 Å². The number of rotatable bonds is 0. The van der Waals surface area contributed by atoms with E-state index in [-0.39, 0.29) is 5.91 Å². The first-order chi connectivity index (χ1) is 9.71. The summed E-state index contributed by atoms with van der Waals surface area (Å²) in [5, 5.41) is 4.51. The molecule has 20 heavy (non-hydrogen) atoms. The van der Waals surface area contributed by atoms with Crippen molar-refractivity contribution in [1.29, 1.82) is 0 Å². The molecule has 2 aliphatic heterocycles. The monoisotopic (exact) mass is 272 g/mol. The highest BCUT2D eigenvalue weighted by molar-refractivity contribution is 6.12. The normalized spacial score (nSPS) is 21.1. The van der Waals surface area contributed by atoms with E-state index in [1.54, 1.807) is 11.1 Å². The van der Waals surface area contributed by atoms with Gasteiger partial charge in [0.15, 0.2) is 0 Å². The van der Waals surface area contributed by atoms with Gasteiger partial charge in [0.2, 0.25) is 0 Å². The van der Waals surface area contributed by atoms with Gasteiger partial charge in [-0.1, -0.05) is 0 Å². The van der Waals surface area contributed by atoms with Gasteiger partial charge in [-0.15, -0.1) is 0 Å². The molecule has 1 amide bonds. The molecule has 4 heterocycles. The Morgan fingerprint density at radius 3 is 3.00 bits per heavy atom. The fraction of sp³-hybridized carbons (Fsp3) is 0.429. The van der Waals surface area contributed by atoms with E-state index in [9.17, 15) is 4.79 Å². The van der Waals surface area contributed by atoms with Gasteiger partial charge in [0.05, 0.1) is 17.6 Å². The third-order valence-corrected chi connectivity index (χ3v) is 4.35. The summed E-state index contributed by atoms with van der Waals surface area (Å²) in [5.41, 5.74) is 2.12. The van der Waals surface area contributed by atoms with Crippen LogP contribution in [0.2, 0.25) is 0 Å². The number of hydrogen-bond acceptors (Lipinski definition) is 4. The highest BCUT2D eigenvalue weighted by Crippen LogP contribution is 2.41. The minimum Gasteiger partial charge on any atom is -0.381 e. The molecule has 0 saturated carbocycles. The Hall–Kier alpha value is -2.08. The average molecular weight is 272 g/mol. The molecule has 1 spiro atoms. The Kier molecular flexibility index (Phi) is 2.32. The van der Waals surface area contributed by atoms with Crippen LogP contribution in [0, 0.1) is 0 Å². The molecule has 1 fully saturated rings. The molecule has 0 radical (unpaired) electrons. The number of hydrogen-bond donors (Lipinski definition) is 2. The van der Waals surface area contributed by atoms with Crippen molar-refractivity contribution in [1.82, 2.24) is 9.97 Å². The zero-order valence-corrected chi connectivity index (χ0v) is 11.3. The second-order valence-electron chi connectivity index (χ2n) is 5.44. The Labute approximate surface area is 116 Å². The van der Waals surface area contributed by atoms with Gasteiger partial charge in [-0.3, -0.25) is 4.79 Å². The van der Waals surface area contributed by atoms with Crippen LogP contribution in [0.15, 0.2) is 18.5 Å². The van der Waals surface area contributed by atoms with Gasteiger partial charge >= 0.3 is 0 Å². The lowest BCUT2D eigenvalue weighted by Crippen LogP contribution is -2.59. The first-order valence-corrected chi connectivity index (χ1v) is 6.81. The van der Waals surface area contributed by atoms with E-state index in [0.29, 0.717) is 26.1 Å². The summed E-state index contributed by atoms with van der Waals surface area (Å²) in [4.78, 5) is 21.9. The summed E-state index contributed by atoms with van der Waals surface area (Å²) in [7, 11) is 1.82. The van der Waals surface area contributed by atoms with Gasteiger partial charge in [-0.05, 0) is 6.07 Å². The zero-order valence-electron chi connectivity index (χ0n) is 11.3. The molecule has 2 aliphatic rings. The molecule has 0 aliphatic carbocycles. The summed E-state index contributed by atoms with van der Waals surface area (Å²) >= 11 is 0. The van der Waals surface area contributed by atoms with Crippen LogP contribution >= 0.6 is 0 Å². The third kappa shape index (κ3) is 1.42. The fourth-order valence-electron chi connectivity index (χ4n) is 3.16. The molecule has 2 aromatic heterocycles. The number of nitrogens with zero attached hydrogens (tertiary/aromatic N) is 2.